The van der Waals surface area contributed by atoms with E-state index in [0.717, 1.165) is 18.4 Å². The van der Waals surface area contributed by atoms with E-state index in [1.54, 1.807) is 0 Å². The van der Waals surface area contributed by atoms with Gasteiger partial charge >= 0.3 is 11.9 Å². The molecular formula is C15H24O5. The highest BCUT2D eigenvalue weighted by atomic mass is 16.7. The van der Waals surface area contributed by atoms with E-state index in [-0.39, 0.29) is 0 Å². The molecule has 1 fully saturated rings. The number of hydrogen-bond donors (Lipinski definition) is 1. The highest BCUT2D eigenvalue weighted by Crippen LogP contribution is 2.31. The van der Waals surface area contributed by atoms with Gasteiger partial charge in [0.2, 0.25) is 6.29 Å². The Morgan fingerprint density at radius 3 is 2.40 bits per heavy atom. The van der Waals surface area contributed by atoms with E-state index in [4.69, 9.17) is 9.47 Å². The quantitative estimate of drug-likeness (QED) is 0.442. The average molecular weight is 284 g/mol. The largest absolute Gasteiger partial charge is 0.481 e. The van der Waals surface area contributed by atoms with Crippen LogP contribution in [0, 0.1) is 11.8 Å². The number of ether oxygens (including phenoxy) is 2. The molecule has 0 radical (unpaired) electrons. The fourth-order valence-corrected chi connectivity index (χ4v) is 2.40. The van der Waals surface area contributed by atoms with Crippen LogP contribution in [-0.2, 0) is 19.1 Å². The predicted molar refractivity (Wildman–Crippen MR) is 74.0 cm³/mol. The van der Waals surface area contributed by atoms with Gasteiger partial charge in [0.1, 0.15) is 0 Å². The van der Waals surface area contributed by atoms with Crippen molar-refractivity contribution in [1.82, 2.24) is 0 Å². The third kappa shape index (κ3) is 4.96. The predicted octanol–water partition coefficient (Wildman–Crippen LogP) is 2.75. The van der Waals surface area contributed by atoms with Crippen LogP contribution in [0.2, 0.25) is 0 Å². The molecule has 0 amide bonds. The Bertz CT molecular complexity index is 363. The zero-order chi connectivity index (χ0) is 15.1. The van der Waals surface area contributed by atoms with Gasteiger partial charge in [0, 0.05) is 6.42 Å². The molecule has 0 aromatic rings. The lowest BCUT2D eigenvalue weighted by atomic mass is 9.79. The summed E-state index contributed by atoms with van der Waals surface area (Å²) < 4.78 is 10.7. The first kappa shape index (κ1) is 16.7. The number of aliphatic carboxylic acids is 1. The molecule has 0 bridgehead atoms. The number of rotatable bonds is 7. The Labute approximate surface area is 119 Å². The Kier molecular flexibility index (Phi) is 6.71. The summed E-state index contributed by atoms with van der Waals surface area (Å²) in [5.41, 5.74) is 0.848. The maximum absolute atomic E-state index is 12.1. The maximum atomic E-state index is 12.1. The van der Waals surface area contributed by atoms with E-state index in [1.165, 1.54) is 0 Å². The molecule has 5 heteroatoms. The zero-order valence-electron chi connectivity index (χ0n) is 12.3. The molecule has 0 spiro atoms. The minimum Gasteiger partial charge on any atom is -0.481 e. The van der Waals surface area contributed by atoms with Crippen molar-refractivity contribution in [3.05, 3.63) is 12.2 Å². The SMILES string of the molecule is C=C(C)COC(CC)OC(=O)C1CCCCC1C(=O)O. The van der Waals surface area contributed by atoms with Crippen molar-refractivity contribution < 1.29 is 24.2 Å². The van der Waals surface area contributed by atoms with Gasteiger partial charge < -0.3 is 14.6 Å². The van der Waals surface area contributed by atoms with Gasteiger partial charge in [0.15, 0.2) is 0 Å². The van der Waals surface area contributed by atoms with Gasteiger partial charge in [-0.1, -0.05) is 31.9 Å². The van der Waals surface area contributed by atoms with Crippen LogP contribution in [0.3, 0.4) is 0 Å². The van der Waals surface area contributed by atoms with Crippen molar-refractivity contribution >= 4 is 11.9 Å². The molecule has 1 N–H and O–H groups in total. The van der Waals surface area contributed by atoms with Gasteiger partial charge in [-0.05, 0) is 19.8 Å². The lowest BCUT2D eigenvalue weighted by Crippen LogP contribution is -2.36. The normalized spacial score (nSPS) is 23.9. The molecule has 1 saturated carbocycles. The lowest BCUT2D eigenvalue weighted by molar-refractivity contribution is -0.187. The highest BCUT2D eigenvalue weighted by molar-refractivity contribution is 5.81. The number of carbonyl (C=O) groups excluding carboxylic acids is 1. The molecule has 5 nitrogen and oxygen atoms in total. The first-order valence-electron chi connectivity index (χ1n) is 7.15. The lowest BCUT2D eigenvalue weighted by Gasteiger charge is -2.28. The van der Waals surface area contributed by atoms with Gasteiger partial charge in [-0.25, -0.2) is 0 Å². The number of hydrogen-bond acceptors (Lipinski definition) is 4. The van der Waals surface area contributed by atoms with E-state index in [2.05, 4.69) is 6.58 Å². The molecule has 0 heterocycles. The highest BCUT2D eigenvalue weighted by Gasteiger charge is 2.37. The fourth-order valence-electron chi connectivity index (χ4n) is 2.40. The Hall–Kier alpha value is -1.36. The monoisotopic (exact) mass is 284 g/mol. The number of carboxylic acids is 1. The van der Waals surface area contributed by atoms with Crippen LogP contribution in [0.5, 0.6) is 0 Å². The Morgan fingerprint density at radius 2 is 1.90 bits per heavy atom. The van der Waals surface area contributed by atoms with Gasteiger partial charge in [-0.3, -0.25) is 9.59 Å². The Balaban J connectivity index is 2.57. The molecule has 1 rings (SSSR count). The van der Waals surface area contributed by atoms with Gasteiger partial charge in [0.25, 0.3) is 0 Å². The van der Waals surface area contributed by atoms with Crippen LogP contribution in [-0.4, -0.2) is 29.9 Å². The van der Waals surface area contributed by atoms with E-state index >= 15 is 0 Å². The van der Waals surface area contributed by atoms with Crippen molar-refractivity contribution in [2.45, 2.75) is 52.2 Å². The second-order valence-electron chi connectivity index (χ2n) is 5.38. The summed E-state index contributed by atoms with van der Waals surface area (Å²) >= 11 is 0. The Morgan fingerprint density at radius 1 is 1.30 bits per heavy atom. The van der Waals surface area contributed by atoms with Crippen LogP contribution in [0.25, 0.3) is 0 Å². The summed E-state index contributed by atoms with van der Waals surface area (Å²) in [4.78, 5) is 23.3. The van der Waals surface area contributed by atoms with Gasteiger partial charge in [0.05, 0.1) is 18.4 Å². The third-order valence-electron chi connectivity index (χ3n) is 3.48. The summed E-state index contributed by atoms with van der Waals surface area (Å²) in [6, 6.07) is 0. The van der Waals surface area contributed by atoms with Crippen LogP contribution in [0.15, 0.2) is 12.2 Å². The van der Waals surface area contributed by atoms with Crippen molar-refractivity contribution in [3.8, 4) is 0 Å². The number of carboxylic acid groups (broad SMARTS) is 1. The molecule has 0 aromatic carbocycles. The van der Waals surface area contributed by atoms with Crippen molar-refractivity contribution in [2.75, 3.05) is 6.61 Å². The van der Waals surface area contributed by atoms with Crippen molar-refractivity contribution in [1.29, 1.82) is 0 Å². The van der Waals surface area contributed by atoms with Crippen LogP contribution >= 0.6 is 0 Å². The second-order valence-corrected chi connectivity index (χ2v) is 5.38. The number of esters is 1. The third-order valence-corrected chi connectivity index (χ3v) is 3.48. The topological polar surface area (TPSA) is 72.8 Å². The molecule has 114 valence electrons. The standard InChI is InChI=1S/C15H24O5/c1-4-13(19-9-10(2)3)20-15(18)12-8-6-5-7-11(12)14(16)17/h11-13H,2,4-9H2,1,3H3,(H,16,17). The minimum atomic E-state index is -0.914. The van der Waals surface area contributed by atoms with E-state index < -0.39 is 30.1 Å². The second kappa shape index (κ2) is 8.04. The maximum Gasteiger partial charge on any atom is 0.312 e. The van der Waals surface area contributed by atoms with E-state index in [0.29, 0.717) is 25.9 Å². The molecule has 1 aliphatic carbocycles. The van der Waals surface area contributed by atoms with Crippen LogP contribution in [0.4, 0.5) is 0 Å². The molecule has 1 aliphatic rings. The summed E-state index contributed by atoms with van der Waals surface area (Å²) in [6.07, 6.45) is 2.74. The molecular weight excluding hydrogens is 260 g/mol. The van der Waals surface area contributed by atoms with E-state index in [1.807, 2.05) is 13.8 Å². The molecule has 20 heavy (non-hydrogen) atoms. The summed E-state index contributed by atoms with van der Waals surface area (Å²) in [5.74, 6) is -2.55. The summed E-state index contributed by atoms with van der Waals surface area (Å²) in [7, 11) is 0. The number of carbonyl (C=O) groups is 2. The molecule has 0 saturated heterocycles. The zero-order valence-corrected chi connectivity index (χ0v) is 12.3. The molecule has 3 atom stereocenters. The van der Waals surface area contributed by atoms with Gasteiger partial charge in [-0.15, -0.1) is 0 Å². The smallest absolute Gasteiger partial charge is 0.312 e. The fraction of sp³-hybridized carbons (Fsp3) is 0.733. The molecule has 3 unspecified atom stereocenters. The minimum absolute atomic E-state index is 0.332. The first-order chi connectivity index (χ1) is 9.45. The van der Waals surface area contributed by atoms with Gasteiger partial charge in [-0.2, -0.15) is 0 Å². The van der Waals surface area contributed by atoms with Crippen molar-refractivity contribution in [2.24, 2.45) is 11.8 Å². The first-order valence-corrected chi connectivity index (χ1v) is 7.15. The summed E-state index contributed by atoms with van der Waals surface area (Å²) in [5, 5.41) is 9.17. The van der Waals surface area contributed by atoms with E-state index in [9.17, 15) is 14.7 Å². The van der Waals surface area contributed by atoms with Crippen LogP contribution < -0.4 is 0 Å². The van der Waals surface area contributed by atoms with Crippen LogP contribution in [0.1, 0.15) is 46.0 Å². The summed E-state index contributed by atoms with van der Waals surface area (Å²) in [6.45, 7) is 7.74. The van der Waals surface area contributed by atoms with Crippen molar-refractivity contribution in [3.63, 3.8) is 0 Å². The molecule has 0 aliphatic heterocycles. The average Bonchev–Trinajstić information content (AvgIpc) is 2.42. The molecule has 0 aromatic heterocycles.